The van der Waals surface area contributed by atoms with Gasteiger partial charge in [-0.15, -0.1) is 0 Å². The lowest BCUT2D eigenvalue weighted by molar-refractivity contribution is -0.135. The van der Waals surface area contributed by atoms with E-state index in [0.717, 1.165) is 25.3 Å². The van der Waals surface area contributed by atoms with Gasteiger partial charge in [-0.1, -0.05) is 30.7 Å². The maximum Gasteiger partial charge on any atom is 0.351 e. The molecular formula is C18H18ClNO4S. The van der Waals surface area contributed by atoms with Gasteiger partial charge in [-0.25, -0.2) is 13.2 Å². The number of methoxy groups -OCH3 is 1. The van der Waals surface area contributed by atoms with E-state index in [9.17, 15) is 13.2 Å². The molecule has 25 heavy (non-hydrogen) atoms. The van der Waals surface area contributed by atoms with Gasteiger partial charge in [-0.2, -0.15) is 0 Å². The van der Waals surface area contributed by atoms with Crippen molar-refractivity contribution in [2.45, 2.75) is 18.2 Å². The topological polar surface area (TPSA) is 72.5 Å². The Balaban J connectivity index is 2.37. The molecule has 0 aliphatic carbocycles. The Bertz CT molecular complexity index is 872. The fraction of sp³-hybridized carbons (Fsp3) is 0.167. The summed E-state index contributed by atoms with van der Waals surface area (Å²) in [4.78, 5) is 11.5. The molecule has 0 aliphatic rings. The predicted molar refractivity (Wildman–Crippen MR) is 98.2 cm³/mol. The summed E-state index contributed by atoms with van der Waals surface area (Å²) in [6.45, 7) is 2.04. The van der Waals surface area contributed by atoms with Gasteiger partial charge in [0.15, 0.2) is 4.91 Å². The van der Waals surface area contributed by atoms with Crippen LogP contribution in [0.3, 0.4) is 0 Å². The predicted octanol–water partition coefficient (Wildman–Crippen LogP) is 3.80. The molecule has 0 heterocycles. The Labute approximate surface area is 152 Å². The summed E-state index contributed by atoms with van der Waals surface area (Å²) in [5.74, 6) is -0.951. The van der Waals surface area contributed by atoms with Crippen LogP contribution in [0.4, 0.5) is 5.69 Å². The van der Waals surface area contributed by atoms with Gasteiger partial charge in [-0.3, -0.25) is 0 Å². The molecule has 0 amide bonds. The van der Waals surface area contributed by atoms with E-state index < -0.39 is 20.7 Å². The van der Waals surface area contributed by atoms with Crippen molar-refractivity contribution in [3.05, 3.63) is 70.2 Å². The molecule has 2 rings (SSSR count). The highest BCUT2D eigenvalue weighted by atomic mass is 35.5. The molecule has 0 aromatic heterocycles. The average Bonchev–Trinajstić information content (AvgIpc) is 2.62. The first-order chi connectivity index (χ1) is 11.9. The van der Waals surface area contributed by atoms with Crippen LogP contribution in [0.25, 0.3) is 0 Å². The van der Waals surface area contributed by atoms with Crippen LogP contribution in [0, 0.1) is 0 Å². The number of carbonyl (C=O) groups is 1. The zero-order chi connectivity index (χ0) is 18.4. The molecule has 1 N–H and O–H groups in total. The number of carbonyl (C=O) groups excluding carboxylic acids is 1. The van der Waals surface area contributed by atoms with Crippen molar-refractivity contribution in [3.8, 4) is 0 Å². The van der Waals surface area contributed by atoms with Crippen molar-refractivity contribution >= 4 is 33.1 Å². The van der Waals surface area contributed by atoms with Crippen molar-refractivity contribution in [2.75, 3.05) is 12.4 Å². The Hall–Kier alpha value is -2.31. The molecule has 0 unspecified atom stereocenters. The molecule has 2 aromatic carbocycles. The first-order valence-corrected chi connectivity index (χ1v) is 9.39. The minimum Gasteiger partial charge on any atom is -0.465 e. The maximum atomic E-state index is 12.7. The van der Waals surface area contributed by atoms with E-state index in [-0.39, 0.29) is 4.90 Å². The highest BCUT2D eigenvalue weighted by molar-refractivity contribution is 7.96. The molecular weight excluding hydrogens is 362 g/mol. The van der Waals surface area contributed by atoms with Crippen LogP contribution in [0.1, 0.15) is 12.5 Å². The van der Waals surface area contributed by atoms with Crippen molar-refractivity contribution in [2.24, 2.45) is 0 Å². The number of anilines is 1. The van der Waals surface area contributed by atoms with Gasteiger partial charge in [0, 0.05) is 16.9 Å². The molecule has 0 aliphatic heterocycles. The molecule has 7 heteroatoms. The van der Waals surface area contributed by atoms with Gasteiger partial charge in [0.1, 0.15) is 0 Å². The van der Waals surface area contributed by atoms with Gasteiger partial charge in [0.05, 0.1) is 12.0 Å². The van der Waals surface area contributed by atoms with Gasteiger partial charge in [0.2, 0.25) is 9.84 Å². The van der Waals surface area contributed by atoms with E-state index in [1.807, 2.05) is 19.1 Å². The number of benzene rings is 2. The van der Waals surface area contributed by atoms with Gasteiger partial charge < -0.3 is 10.1 Å². The van der Waals surface area contributed by atoms with Crippen LogP contribution in [-0.2, 0) is 25.8 Å². The monoisotopic (exact) mass is 379 g/mol. The fourth-order valence-corrected chi connectivity index (χ4v) is 3.46. The van der Waals surface area contributed by atoms with Crippen LogP contribution in [0.5, 0.6) is 0 Å². The molecule has 0 atom stereocenters. The third-order valence-electron chi connectivity index (χ3n) is 3.53. The summed E-state index contributed by atoms with van der Waals surface area (Å²) in [6.07, 6.45) is 2.03. The van der Waals surface area contributed by atoms with E-state index in [4.69, 9.17) is 11.6 Å². The molecule has 0 fully saturated rings. The second-order valence-corrected chi connectivity index (χ2v) is 7.51. The molecule has 2 aromatic rings. The number of halogens is 1. The number of aryl methyl sites for hydroxylation is 1. The highest BCUT2D eigenvalue weighted by Crippen LogP contribution is 2.22. The van der Waals surface area contributed by atoms with Crippen LogP contribution < -0.4 is 5.32 Å². The van der Waals surface area contributed by atoms with Gasteiger partial charge in [0.25, 0.3) is 0 Å². The van der Waals surface area contributed by atoms with Crippen LogP contribution >= 0.6 is 11.6 Å². The standard InChI is InChI=1S/C18H18ClNO4S/c1-3-13-4-8-15(9-5-13)20-12-17(18(21)24-2)25(22,23)16-10-6-14(19)7-11-16/h4-12,20H,3H2,1-2H3. The summed E-state index contributed by atoms with van der Waals surface area (Å²) < 4.78 is 30.0. The molecule has 0 radical (unpaired) electrons. The number of hydrogen-bond acceptors (Lipinski definition) is 5. The van der Waals surface area contributed by atoms with Crippen molar-refractivity contribution < 1.29 is 17.9 Å². The smallest absolute Gasteiger partial charge is 0.351 e. The lowest BCUT2D eigenvalue weighted by Gasteiger charge is -2.09. The Morgan fingerprint density at radius 3 is 2.24 bits per heavy atom. The second kappa shape index (κ2) is 8.18. The normalized spacial score (nSPS) is 11.9. The Kier molecular flexibility index (Phi) is 6.22. The molecule has 0 saturated heterocycles. The average molecular weight is 380 g/mol. The van der Waals surface area contributed by atoms with Crippen molar-refractivity contribution in [1.29, 1.82) is 0 Å². The number of nitrogens with one attached hydrogen (secondary N) is 1. The minimum atomic E-state index is -4.05. The van der Waals surface area contributed by atoms with Gasteiger partial charge >= 0.3 is 5.97 Å². The quantitative estimate of drug-likeness (QED) is 0.610. The number of hydrogen-bond donors (Lipinski definition) is 1. The number of esters is 1. The number of sulfone groups is 1. The van der Waals surface area contributed by atoms with E-state index in [1.165, 1.54) is 24.3 Å². The summed E-state index contributed by atoms with van der Waals surface area (Å²) in [6, 6.07) is 13.0. The molecule has 0 bridgehead atoms. The summed E-state index contributed by atoms with van der Waals surface area (Å²) >= 11 is 5.78. The highest BCUT2D eigenvalue weighted by Gasteiger charge is 2.28. The fourth-order valence-electron chi connectivity index (χ4n) is 2.07. The first kappa shape index (κ1) is 19.0. The van der Waals surface area contributed by atoms with Crippen LogP contribution in [0.2, 0.25) is 5.02 Å². The third kappa shape index (κ3) is 4.61. The largest absolute Gasteiger partial charge is 0.465 e. The van der Waals surface area contributed by atoms with Crippen LogP contribution in [0.15, 0.2) is 64.5 Å². The zero-order valence-electron chi connectivity index (χ0n) is 13.8. The van der Waals surface area contributed by atoms with Crippen molar-refractivity contribution in [3.63, 3.8) is 0 Å². The number of rotatable bonds is 6. The van der Waals surface area contributed by atoms with E-state index in [0.29, 0.717) is 10.7 Å². The SMILES string of the molecule is CCc1ccc(NC=C(C(=O)OC)S(=O)(=O)c2ccc(Cl)cc2)cc1. The van der Waals surface area contributed by atoms with E-state index in [1.54, 1.807) is 12.1 Å². The van der Waals surface area contributed by atoms with E-state index in [2.05, 4.69) is 10.1 Å². The van der Waals surface area contributed by atoms with E-state index >= 15 is 0 Å². The molecule has 0 saturated carbocycles. The Morgan fingerprint density at radius 1 is 1.12 bits per heavy atom. The van der Waals surface area contributed by atoms with Gasteiger partial charge in [-0.05, 0) is 48.4 Å². The summed E-state index contributed by atoms with van der Waals surface area (Å²) in [5.41, 5.74) is 1.81. The summed E-state index contributed by atoms with van der Waals surface area (Å²) in [5, 5.41) is 3.23. The van der Waals surface area contributed by atoms with Crippen molar-refractivity contribution in [1.82, 2.24) is 0 Å². The lowest BCUT2D eigenvalue weighted by atomic mass is 10.1. The maximum absolute atomic E-state index is 12.7. The molecule has 132 valence electrons. The third-order valence-corrected chi connectivity index (χ3v) is 5.54. The summed E-state index contributed by atoms with van der Waals surface area (Å²) in [7, 11) is -2.92. The molecule has 5 nitrogen and oxygen atoms in total. The number of ether oxygens (including phenoxy) is 1. The first-order valence-electron chi connectivity index (χ1n) is 7.53. The van der Waals surface area contributed by atoms with Crippen LogP contribution in [-0.4, -0.2) is 21.5 Å². The molecule has 0 spiro atoms. The zero-order valence-corrected chi connectivity index (χ0v) is 15.4. The lowest BCUT2D eigenvalue weighted by Crippen LogP contribution is -2.16. The minimum absolute atomic E-state index is 0.0447. The second-order valence-electron chi connectivity index (χ2n) is 5.15. The Morgan fingerprint density at radius 2 is 1.72 bits per heavy atom.